The number of aromatic nitrogens is 1. The van der Waals surface area contributed by atoms with Crippen molar-refractivity contribution in [3.63, 3.8) is 0 Å². The van der Waals surface area contributed by atoms with Gasteiger partial charge >= 0.3 is 6.03 Å². The molecule has 1 aromatic heterocycles. The van der Waals surface area contributed by atoms with Crippen LogP contribution in [0, 0.1) is 12.8 Å². The molecule has 3 N–H and O–H groups in total. The quantitative estimate of drug-likeness (QED) is 0.748. The number of rotatable bonds is 6. The van der Waals surface area contributed by atoms with Crippen LogP contribution < -0.4 is 10.6 Å². The average molecular weight is 283 g/mol. The van der Waals surface area contributed by atoms with Gasteiger partial charge in [-0.15, -0.1) is 0 Å². The molecule has 2 unspecified atom stereocenters. The summed E-state index contributed by atoms with van der Waals surface area (Å²) in [4.78, 5) is 11.9. The van der Waals surface area contributed by atoms with Crippen LogP contribution in [0.3, 0.4) is 0 Å². The summed E-state index contributed by atoms with van der Waals surface area (Å²) in [6, 6.07) is -0.366. The number of anilines is 1. The SMILES string of the molecule is CCc1noc(C)c1NC(=O)NCC(C)(O)C(C)CC. The van der Waals surface area contributed by atoms with Crippen molar-refractivity contribution >= 4 is 11.7 Å². The Morgan fingerprint density at radius 1 is 1.50 bits per heavy atom. The summed E-state index contributed by atoms with van der Waals surface area (Å²) in [5.41, 5.74) is 0.392. The van der Waals surface area contributed by atoms with Gasteiger partial charge in [-0.2, -0.15) is 0 Å². The van der Waals surface area contributed by atoms with Crippen molar-refractivity contribution in [2.45, 2.75) is 53.1 Å². The van der Waals surface area contributed by atoms with Crippen LogP contribution in [0.5, 0.6) is 0 Å². The Balaban J connectivity index is 2.58. The molecular formula is C14H25N3O3. The van der Waals surface area contributed by atoms with Gasteiger partial charge in [0.2, 0.25) is 0 Å². The lowest BCUT2D eigenvalue weighted by Crippen LogP contribution is -2.46. The van der Waals surface area contributed by atoms with Gasteiger partial charge < -0.3 is 20.3 Å². The highest BCUT2D eigenvalue weighted by Gasteiger charge is 2.27. The van der Waals surface area contributed by atoms with Crippen molar-refractivity contribution < 1.29 is 14.4 Å². The molecule has 0 aliphatic rings. The van der Waals surface area contributed by atoms with E-state index in [1.54, 1.807) is 13.8 Å². The number of amides is 2. The number of carbonyl (C=O) groups is 1. The first-order valence-electron chi connectivity index (χ1n) is 7.04. The van der Waals surface area contributed by atoms with Gasteiger partial charge in [-0.05, 0) is 26.2 Å². The fraction of sp³-hybridized carbons (Fsp3) is 0.714. The molecule has 0 saturated carbocycles. The maximum absolute atomic E-state index is 11.9. The van der Waals surface area contributed by atoms with Crippen molar-refractivity contribution in [3.05, 3.63) is 11.5 Å². The van der Waals surface area contributed by atoms with Crippen molar-refractivity contribution in [1.82, 2.24) is 10.5 Å². The van der Waals surface area contributed by atoms with Crippen molar-refractivity contribution in [1.29, 1.82) is 0 Å². The zero-order valence-electron chi connectivity index (χ0n) is 12.9. The van der Waals surface area contributed by atoms with Gasteiger partial charge in [-0.3, -0.25) is 0 Å². The molecule has 0 bridgehead atoms. The molecule has 2 atom stereocenters. The van der Waals surface area contributed by atoms with E-state index in [1.807, 2.05) is 20.8 Å². The number of nitrogens with zero attached hydrogens (tertiary/aromatic N) is 1. The Morgan fingerprint density at radius 2 is 2.15 bits per heavy atom. The molecule has 0 aromatic carbocycles. The summed E-state index contributed by atoms with van der Waals surface area (Å²) in [5.74, 6) is 0.678. The number of nitrogens with one attached hydrogen (secondary N) is 2. The Labute approximate surface area is 119 Å². The second-order valence-corrected chi connectivity index (χ2v) is 5.39. The Kier molecular flexibility index (Phi) is 5.56. The Morgan fingerprint density at radius 3 is 2.70 bits per heavy atom. The van der Waals surface area contributed by atoms with Crippen LogP contribution in [0.2, 0.25) is 0 Å². The summed E-state index contributed by atoms with van der Waals surface area (Å²) in [6.07, 6.45) is 1.53. The first-order valence-corrected chi connectivity index (χ1v) is 7.04. The van der Waals surface area contributed by atoms with Gasteiger partial charge in [0.15, 0.2) is 5.76 Å². The largest absolute Gasteiger partial charge is 0.388 e. The Hall–Kier alpha value is -1.56. The maximum Gasteiger partial charge on any atom is 0.319 e. The lowest BCUT2D eigenvalue weighted by atomic mass is 9.89. The normalized spacial score (nSPS) is 15.5. The van der Waals surface area contributed by atoms with Gasteiger partial charge in [-0.25, -0.2) is 4.79 Å². The molecule has 0 radical (unpaired) electrons. The minimum atomic E-state index is -0.927. The highest BCUT2D eigenvalue weighted by Crippen LogP contribution is 2.21. The molecule has 0 aliphatic heterocycles. The predicted octanol–water partition coefficient (Wildman–Crippen LogP) is 2.46. The molecule has 6 nitrogen and oxygen atoms in total. The van der Waals surface area contributed by atoms with Crippen LogP contribution >= 0.6 is 0 Å². The minimum absolute atomic E-state index is 0.103. The maximum atomic E-state index is 11.9. The van der Waals surface area contributed by atoms with E-state index in [2.05, 4.69) is 15.8 Å². The standard InChI is InChI=1S/C14H25N3O3/c1-6-9(3)14(5,19)8-15-13(18)16-12-10(4)20-17-11(12)7-2/h9,19H,6-8H2,1-5H3,(H2,15,16,18). The van der Waals surface area contributed by atoms with Crippen molar-refractivity contribution in [2.75, 3.05) is 11.9 Å². The van der Waals surface area contributed by atoms with Crippen LogP contribution in [0.15, 0.2) is 4.52 Å². The van der Waals surface area contributed by atoms with E-state index in [0.29, 0.717) is 23.6 Å². The van der Waals surface area contributed by atoms with Crippen LogP contribution in [0.4, 0.5) is 10.5 Å². The van der Waals surface area contributed by atoms with E-state index in [1.165, 1.54) is 0 Å². The molecule has 0 saturated heterocycles. The zero-order valence-corrected chi connectivity index (χ0v) is 12.9. The molecule has 0 aliphatic carbocycles. The molecule has 0 spiro atoms. The molecule has 6 heteroatoms. The number of carbonyl (C=O) groups excluding carboxylic acids is 1. The monoisotopic (exact) mass is 283 g/mol. The number of hydrogen-bond acceptors (Lipinski definition) is 4. The van der Waals surface area contributed by atoms with E-state index in [0.717, 1.165) is 6.42 Å². The fourth-order valence-electron chi connectivity index (χ4n) is 1.85. The van der Waals surface area contributed by atoms with E-state index in [-0.39, 0.29) is 18.5 Å². The zero-order chi connectivity index (χ0) is 15.3. The molecule has 0 fully saturated rings. The lowest BCUT2D eigenvalue weighted by Gasteiger charge is -2.29. The lowest BCUT2D eigenvalue weighted by molar-refractivity contribution is 0.00827. The highest BCUT2D eigenvalue weighted by atomic mass is 16.5. The number of aryl methyl sites for hydroxylation is 2. The van der Waals surface area contributed by atoms with Gasteiger partial charge in [-0.1, -0.05) is 32.3 Å². The highest BCUT2D eigenvalue weighted by molar-refractivity contribution is 5.90. The van der Waals surface area contributed by atoms with Crippen LogP contribution in [-0.4, -0.2) is 28.4 Å². The van der Waals surface area contributed by atoms with Crippen molar-refractivity contribution in [3.8, 4) is 0 Å². The minimum Gasteiger partial charge on any atom is -0.388 e. The molecule has 114 valence electrons. The average Bonchev–Trinajstić information content (AvgIpc) is 2.76. The molecule has 2 amide bonds. The van der Waals surface area contributed by atoms with Crippen LogP contribution in [0.25, 0.3) is 0 Å². The van der Waals surface area contributed by atoms with E-state index >= 15 is 0 Å². The molecule has 1 rings (SSSR count). The second kappa shape index (κ2) is 6.74. The molecular weight excluding hydrogens is 258 g/mol. The number of aliphatic hydroxyl groups is 1. The van der Waals surface area contributed by atoms with E-state index < -0.39 is 5.60 Å². The first-order chi connectivity index (χ1) is 9.31. The smallest absolute Gasteiger partial charge is 0.319 e. The molecule has 20 heavy (non-hydrogen) atoms. The molecule has 1 aromatic rings. The summed E-state index contributed by atoms with van der Waals surface area (Å²) < 4.78 is 5.05. The second-order valence-electron chi connectivity index (χ2n) is 5.39. The topological polar surface area (TPSA) is 87.4 Å². The third-order valence-electron chi connectivity index (χ3n) is 3.79. The van der Waals surface area contributed by atoms with Crippen molar-refractivity contribution in [2.24, 2.45) is 5.92 Å². The molecule has 1 heterocycles. The number of urea groups is 1. The number of hydrogen-bond donors (Lipinski definition) is 3. The van der Waals surface area contributed by atoms with Crippen LogP contribution in [0.1, 0.15) is 45.6 Å². The van der Waals surface area contributed by atoms with E-state index in [4.69, 9.17) is 4.52 Å². The summed E-state index contributed by atoms with van der Waals surface area (Å²) >= 11 is 0. The third-order valence-corrected chi connectivity index (χ3v) is 3.79. The summed E-state index contributed by atoms with van der Waals surface area (Å²) in [5, 5.41) is 19.5. The van der Waals surface area contributed by atoms with E-state index in [9.17, 15) is 9.90 Å². The summed E-state index contributed by atoms with van der Waals surface area (Å²) in [6.45, 7) is 9.57. The van der Waals surface area contributed by atoms with Gasteiger partial charge in [0.1, 0.15) is 11.4 Å². The first kappa shape index (κ1) is 16.5. The summed E-state index contributed by atoms with van der Waals surface area (Å²) in [7, 11) is 0. The van der Waals surface area contributed by atoms with Gasteiger partial charge in [0.05, 0.1) is 5.60 Å². The predicted molar refractivity (Wildman–Crippen MR) is 77.7 cm³/mol. The third kappa shape index (κ3) is 3.96. The van der Waals surface area contributed by atoms with Gasteiger partial charge in [0.25, 0.3) is 0 Å². The fourth-order valence-corrected chi connectivity index (χ4v) is 1.85. The van der Waals surface area contributed by atoms with Crippen LogP contribution in [-0.2, 0) is 6.42 Å². The Bertz CT molecular complexity index is 455. The van der Waals surface area contributed by atoms with Gasteiger partial charge in [0, 0.05) is 6.54 Å².